The minimum atomic E-state index is -0.195. The van der Waals surface area contributed by atoms with Crippen LogP contribution in [0.15, 0.2) is 41.3 Å². The summed E-state index contributed by atoms with van der Waals surface area (Å²) in [6, 6.07) is 12.8. The van der Waals surface area contributed by atoms with Crippen LogP contribution in [0.5, 0.6) is 0 Å². The molecule has 0 aliphatic carbocycles. The van der Waals surface area contributed by atoms with Crippen LogP contribution in [0.1, 0.15) is 87.6 Å². The minimum Gasteiger partial charge on any atom is -0.466 e. The van der Waals surface area contributed by atoms with Gasteiger partial charge in [-0.15, -0.1) is 11.8 Å². The standard InChI is InChI=1S/C28H34O2S/c1-6-9-24(27(29)30-8-3)22-13-10-20(11-14-22)12-15-23-18-25-26(19-21(23)7-2)31-17-16-28(25,4)5/h10-11,13-14,18-19,24H,6-9,16-17H2,1-5H3. The van der Waals surface area contributed by atoms with E-state index in [1.807, 2.05) is 43.0 Å². The predicted octanol–water partition coefficient (Wildman–Crippen LogP) is 6.87. The van der Waals surface area contributed by atoms with Crippen LogP contribution in [-0.4, -0.2) is 18.3 Å². The molecule has 164 valence electrons. The molecule has 0 saturated heterocycles. The van der Waals surface area contributed by atoms with Gasteiger partial charge in [0.15, 0.2) is 0 Å². The Hall–Kier alpha value is -2.18. The largest absolute Gasteiger partial charge is 0.466 e. The average Bonchev–Trinajstić information content (AvgIpc) is 2.76. The third-order valence-electron chi connectivity index (χ3n) is 6.10. The molecule has 0 N–H and O–H groups in total. The van der Waals surface area contributed by atoms with Crippen LogP contribution in [0, 0.1) is 11.8 Å². The Balaban J connectivity index is 1.88. The zero-order valence-corrected chi connectivity index (χ0v) is 20.3. The molecule has 2 aromatic rings. The summed E-state index contributed by atoms with van der Waals surface area (Å²) in [6.07, 6.45) is 3.92. The van der Waals surface area contributed by atoms with Gasteiger partial charge < -0.3 is 4.74 Å². The van der Waals surface area contributed by atoms with Crippen molar-refractivity contribution in [3.05, 3.63) is 64.2 Å². The zero-order chi connectivity index (χ0) is 22.4. The second-order valence-electron chi connectivity index (χ2n) is 8.81. The predicted molar refractivity (Wildman–Crippen MR) is 131 cm³/mol. The van der Waals surface area contributed by atoms with Gasteiger partial charge in [0.2, 0.25) is 0 Å². The highest BCUT2D eigenvalue weighted by molar-refractivity contribution is 7.99. The molecule has 0 bridgehead atoms. The smallest absolute Gasteiger partial charge is 0.313 e. The van der Waals surface area contributed by atoms with Gasteiger partial charge >= 0.3 is 5.97 Å². The molecule has 0 amide bonds. The van der Waals surface area contributed by atoms with E-state index in [4.69, 9.17) is 4.74 Å². The van der Waals surface area contributed by atoms with Gasteiger partial charge in [-0.3, -0.25) is 4.79 Å². The van der Waals surface area contributed by atoms with E-state index in [0.29, 0.717) is 6.61 Å². The summed E-state index contributed by atoms with van der Waals surface area (Å²) in [7, 11) is 0. The van der Waals surface area contributed by atoms with Crippen LogP contribution >= 0.6 is 11.8 Å². The number of thioether (sulfide) groups is 1. The number of benzene rings is 2. The normalized spacial score (nSPS) is 15.4. The number of carbonyl (C=O) groups is 1. The van der Waals surface area contributed by atoms with Crippen LogP contribution in [0.3, 0.4) is 0 Å². The molecule has 1 heterocycles. The van der Waals surface area contributed by atoms with Crippen LogP contribution in [-0.2, 0) is 21.4 Å². The molecule has 31 heavy (non-hydrogen) atoms. The van der Waals surface area contributed by atoms with Crippen molar-refractivity contribution in [2.75, 3.05) is 12.4 Å². The highest BCUT2D eigenvalue weighted by atomic mass is 32.2. The minimum absolute atomic E-state index is 0.134. The van der Waals surface area contributed by atoms with E-state index in [1.165, 1.54) is 28.2 Å². The summed E-state index contributed by atoms with van der Waals surface area (Å²) in [5.74, 6) is 7.64. The summed E-state index contributed by atoms with van der Waals surface area (Å²) >= 11 is 1.97. The number of aryl methyl sites for hydroxylation is 1. The Bertz CT molecular complexity index is 977. The highest BCUT2D eigenvalue weighted by Crippen LogP contribution is 2.42. The third kappa shape index (κ3) is 5.55. The van der Waals surface area contributed by atoms with Gasteiger partial charge in [-0.05, 0) is 78.3 Å². The summed E-state index contributed by atoms with van der Waals surface area (Å²) in [4.78, 5) is 13.7. The molecule has 3 heteroatoms. The van der Waals surface area contributed by atoms with Gasteiger partial charge in [-0.1, -0.05) is 58.1 Å². The summed E-state index contributed by atoms with van der Waals surface area (Å²) < 4.78 is 5.27. The maximum atomic E-state index is 12.3. The molecular weight excluding hydrogens is 400 g/mol. The fourth-order valence-electron chi connectivity index (χ4n) is 4.12. The molecule has 3 rings (SSSR count). The molecule has 0 fully saturated rings. The summed E-state index contributed by atoms with van der Waals surface area (Å²) in [5, 5.41) is 0. The molecule has 2 nitrogen and oxygen atoms in total. The lowest BCUT2D eigenvalue weighted by atomic mass is 9.80. The van der Waals surface area contributed by atoms with Crippen molar-refractivity contribution in [2.24, 2.45) is 0 Å². The van der Waals surface area contributed by atoms with E-state index in [1.54, 1.807) is 0 Å². The van der Waals surface area contributed by atoms with Gasteiger partial charge in [0.25, 0.3) is 0 Å². The Kier molecular flexibility index (Phi) is 7.89. The second kappa shape index (κ2) is 10.4. The first kappa shape index (κ1) is 23.5. The van der Waals surface area contributed by atoms with Crippen molar-refractivity contribution in [1.82, 2.24) is 0 Å². The lowest BCUT2D eigenvalue weighted by Gasteiger charge is -2.32. The van der Waals surface area contributed by atoms with Gasteiger partial charge in [0.1, 0.15) is 0 Å². The molecule has 1 unspecified atom stereocenters. The van der Waals surface area contributed by atoms with Gasteiger partial charge in [-0.25, -0.2) is 0 Å². The maximum absolute atomic E-state index is 12.3. The average molecular weight is 435 g/mol. The SMILES string of the molecule is CCCC(C(=O)OCC)c1ccc(C#Cc2cc3c(cc2CC)SCCC3(C)C)cc1. The van der Waals surface area contributed by atoms with Crippen LogP contribution < -0.4 is 0 Å². The molecule has 2 aromatic carbocycles. The number of fused-ring (bicyclic) bond motifs is 1. The second-order valence-corrected chi connectivity index (χ2v) is 9.94. The van der Waals surface area contributed by atoms with Crippen molar-refractivity contribution in [2.45, 2.75) is 76.5 Å². The number of rotatable bonds is 6. The first-order valence-electron chi connectivity index (χ1n) is 11.5. The monoisotopic (exact) mass is 434 g/mol. The fourth-order valence-corrected chi connectivity index (χ4v) is 5.67. The molecule has 0 spiro atoms. The molecule has 1 atom stereocenters. The van der Waals surface area contributed by atoms with E-state index >= 15 is 0 Å². The zero-order valence-electron chi connectivity index (χ0n) is 19.5. The Morgan fingerprint density at radius 3 is 2.52 bits per heavy atom. The molecule has 0 radical (unpaired) electrons. The molecule has 1 aliphatic rings. The number of ether oxygens (including phenoxy) is 1. The number of esters is 1. The van der Waals surface area contributed by atoms with Gasteiger partial charge in [0, 0.05) is 16.0 Å². The van der Waals surface area contributed by atoms with E-state index < -0.39 is 0 Å². The van der Waals surface area contributed by atoms with Crippen molar-refractivity contribution in [3.8, 4) is 11.8 Å². The van der Waals surface area contributed by atoms with E-state index in [0.717, 1.165) is 36.0 Å². The van der Waals surface area contributed by atoms with Crippen molar-refractivity contribution in [3.63, 3.8) is 0 Å². The van der Waals surface area contributed by atoms with E-state index in [2.05, 4.69) is 51.7 Å². The first-order valence-corrected chi connectivity index (χ1v) is 12.5. The topological polar surface area (TPSA) is 26.3 Å². The van der Waals surface area contributed by atoms with Crippen molar-refractivity contribution < 1.29 is 9.53 Å². The summed E-state index contributed by atoms with van der Waals surface area (Å²) in [5.41, 5.74) is 6.06. The lowest BCUT2D eigenvalue weighted by Crippen LogP contribution is -2.23. The van der Waals surface area contributed by atoms with Crippen molar-refractivity contribution in [1.29, 1.82) is 0 Å². The Labute approximate surface area is 192 Å². The molecule has 1 aliphatic heterocycles. The lowest BCUT2D eigenvalue weighted by molar-refractivity contribution is -0.145. The van der Waals surface area contributed by atoms with Gasteiger partial charge in [-0.2, -0.15) is 0 Å². The summed E-state index contributed by atoms with van der Waals surface area (Å²) in [6.45, 7) is 11.2. The maximum Gasteiger partial charge on any atom is 0.313 e. The highest BCUT2D eigenvalue weighted by Gasteiger charge is 2.28. The van der Waals surface area contributed by atoms with Crippen LogP contribution in [0.2, 0.25) is 0 Å². The number of hydrogen-bond acceptors (Lipinski definition) is 3. The Morgan fingerprint density at radius 1 is 1.13 bits per heavy atom. The third-order valence-corrected chi connectivity index (χ3v) is 7.16. The fraction of sp³-hybridized carbons (Fsp3) is 0.464. The molecule has 0 aromatic heterocycles. The Morgan fingerprint density at radius 2 is 1.87 bits per heavy atom. The quantitative estimate of drug-likeness (QED) is 0.366. The van der Waals surface area contributed by atoms with Crippen molar-refractivity contribution >= 4 is 17.7 Å². The molecule has 0 saturated carbocycles. The molecular formula is C28H34O2S. The van der Waals surface area contributed by atoms with Crippen LogP contribution in [0.25, 0.3) is 0 Å². The van der Waals surface area contributed by atoms with E-state index in [-0.39, 0.29) is 17.3 Å². The number of hydrogen-bond donors (Lipinski definition) is 0. The first-order chi connectivity index (χ1) is 14.9. The van der Waals surface area contributed by atoms with Crippen LogP contribution in [0.4, 0.5) is 0 Å². The number of carbonyl (C=O) groups excluding carboxylic acids is 1. The van der Waals surface area contributed by atoms with E-state index in [9.17, 15) is 4.79 Å². The van der Waals surface area contributed by atoms with Gasteiger partial charge in [0.05, 0.1) is 12.5 Å².